The van der Waals surface area contributed by atoms with Crippen molar-refractivity contribution in [3.8, 4) is 0 Å². The van der Waals surface area contributed by atoms with Gasteiger partial charge < -0.3 is 36.6 Å². The molecule has 284 valence electrons. The molecule has 0 aliphatic heterocycles. The zero-order chi connectivity index (χ0) is 38.6. The first kappa shape index (κ1) is 42.7. The van der Waals surface area contributed by atoms with Gasteiger partial charge in [-0.05, 0) is 29.5 Å². The summed E-state index contributed by atoms with van der Waals surface area (Å²) in [5.74, 6) is -8.25. The van der Waals surface area contributed by atoms with Gasteiger partial charge in [-0.3, -0.25) is 53.1 Å². The number of aryl methyl sites for hydroxylation is 1. The first-order valence-electron chi connectivity index (χ1n) is 16.0. The molecule has 2 aromatic rings. The van der Waals surface area contributed by atoms with Crippen molar-refractivity contribution in [2.45, 2.75) is 38.1 Å². The van der Waals surface area contributed by atoms with Gasteiger partial charge in [-0.2, -0.15) is 0 Å². The lowest BCUT2D eigenvalue weighted by Gasteiger charge is -2.33. The predicted molar refractivity (Wildman–Crippen MR) is 180 cm³/mol. The number of nitrogens with one attached hydrogen (secondary N) is 2. The molecule has 0 saturated heterocycles. The lowest BCUT2D eigenvalue weighted by Crippen LogP contribution is -2.56. The van der Waals surface area contributed by atoms with Crippen molar-refractivity contribution in [3.05, 3.63) is 71.3 Å². The Morgan fingerprint density at radius 1 is 0.635 bits per heavy atom. The minimum absolute atomic E-state index is 0.000958. The summed E-state index contributed by atoms with van der Waals surface area (Å²) in [7, 11) is 0. The number of benzene rings is 2. The molecule has 0 bridgehead atoms. The van der Waals surface area contributed by atoms with E-state index < -0.39 is 93.0 Å². The Hall–Kier alpha value is -5.47. The normalized spacial score (nSPS) is 12.3. The summed E-state index contributed by atoms with van der Waals surface area (Å²) in [4.78, 5) is 91.3. The summed E-state index contributed by atoms with van der Waals surface area (Å²) < 4.78 is 0. The number of hydrogen-bond donors (Lipinski definition) is 8. The van der Waals surface area contributed by atoms with Crippen molar-refractivity contribution in [1.82, 2.24) is 25.5 Å². The minimum Gasteiger partial charge on any atom is -0.480 e. The topological polar surface area (TPSA) is 290 Å². The van der Waals surface area contributed by atoms with E-state index in [1.165, 1.54) is 0 Å². The fourth-order valence-electron chi connectivity index (χ4n) is 4.96. The molecule has 0 heterocycles. The standard InChI is InChI=1S/C33H44N6O13/c34-25(11-10-22-4-2-1-3-5-22)32(50)36-52-21-24-8-6-23(7-9-24)14-35-33(51)26(39(19-30(46)47)20-31(48)49)15-37(16-27(40)41)12-13-38(17-28(42)43)18-29(44)45/h1-9,25-26H,10-21,34H2,(H,35,51)(H,36,50)(H,40,41)(H,42,43)(H,44,45)(H,46,47)(H,48,49). The van der Waals surface area contributed by atoms with Gasteiger partial charge in [0.15, 0.2) is 0 Å². The molecule has 52 heavy (non-hydrogen) atoms. The Balaban J connectivity index is 2.06. The molecule has 2 atom stereocenters. The van der Waals surface area contributed by atoms with Gasteiger partial charge in [0.25, 0.3) is 5.91 Å². The van der Waals surface area contributed by atoms with Crippen molar-refractivity contribution in [1.29, 1.82) is 0 Å². The number of aliphatic carboxylic acids is 5. The third-order valence-electron chi connectivity index (χ3n) is 7.49. The summed E-state index contributed by atoms with van der Waals surface area (Å²) >= 11 is 0. The first-order valence-corrected chi connectivity index (χ1v) is 16.0. The summed E-state index contributed by atoms with van der Waals surface area (Å²) in [5.41, 5.74) is 10.6. The molecule has 2 aromatic carbocycles. The van der Waals surface area contributed by atoms with E-state index in [1.807, 2.05) is 30.3 Å². The van der Waals surface area contributed by atoms with Crippen LogP contribution in [0.1, 0.15) is 23.1 Å². The second-order valence-corrected chi connectivity index (χ2v) is 11.8. The highest BCUT2D eigenvalue weighted by atomic mass is 16.6. The van der Waals surface area contributed by atoms with Crippen LogP contribution in [0.5, 0.6) is 0 Å². The Bertz CT molecular complexity index is 1480. The number of rotatable bonds is 26. The van der Waals surface area contributed by atoms with Crippen LogP contribution in [0.25, 0.3) is 0 Å². The van der Waals surface area contributed by atoms with E-state index in [2.05, 4.69) is 10.8 Å². The lowest BCUT2D eigenvalue weighted by molar-refractivity contribution is -0.146. The predicted octanol–water partition coefficient (Wildman–Crippen LogP) is -1.49. The highest BCUT2D eigenvalue weighted by Gasteiger charge is 2.32. The number of carboxylic acid groups (broad SMARTS) is 5. The molecule has 0 aliphatic carbocycles. The summed E-state index contributed by atoms with van der Waals surface area (Å²) in [6, 6.07) is 13.9. The molecular formula is C33H44N6O13. The second kappa shape index (κ2) is 22.4. The zero-order valence-corrected chi connectivity index (χ0v) is 28.3. The van der Waals surface area contributed by atoms with E-state index in [-0.39, 0.29) is 26.2 Å². The lowest BCUT2D eigenvalue weighted by atomic mass is 10.1. The van der Waals surface area contributed by atoms with Crippen LogP contribution in [0.15, 0.2) is 54.6 Å². The van der Waals surface area contributed by atoms with E-state index in [0.29, 0.717) is 24.0 Å². The van der Waals surface area contributed by atoms with Gasteiger partial charge in [-0.15, -0.1) is 0 Å². The maximum absolute atomic E-state index is 13.5. The van der Waals surface area contributed by atoms with Gasteiger partial charge in [0.2, 0.25) is 5.91 Å². The number of hydrogen-bond acceptors (Lipinski definition) is 12. The number of hydroxylamine groups is 1. The third kappa shape index (κ3) is 17.5. The van der Waals surface area contributed by atoms with E-state index >= 15 is 0 Å². The Morgan fingerprint density at radius 2 is 1.13 bits per heavy atom. The van der Waals surface area contributed by atoms with Crippen LogP contribution < -0.4 is 16.5 Å². The Morgan fingerprint density at radius 3 is 1.67 bits per heavy atom. The van der Waals surface area contributed by atoms with Crippen LogP contribution in [0, 0.1) is 0 Å². The molecule has 9 N–H and O–H groups in total. The summed E-state index contributed by atoms with van der Waals surface area (Å²) in [5, 5.41) is 49.2. The monoisotopic (exact) mass is 732 g/mol. The van der Waals surface area contributed by atoms with Crippen molar-refractivity contribution in [2.75, 3.05) is 52.4 Å². The van der Waals surface area contributed by atoms with Gasteiger partial charge in [0.05, 0.1) is 45.4 Å². The smallest absolute Gasteiger partial charge is 0.317 e. The summed E-state index contributed by atoms with van der Waals surface area (Å²) in [6.07, 6.45) is 1.04. The molecular weight excluding hydrogens is 688 g/mol. The maximum Gasteiger partial charge on any atom is 0.317 e. The van der Waals surface area contributed by atoms with E-state index in [4.69, 9.17) is 20.8 Å². The largest absolute Gasteiger partial charge is 0.480 e. The number of nitrogens with two attached hydrogens (primary N) is 1. The van der Waals surface area contributed by atoms with Crippen molar-refractivity contribution in [2.24, 2.45) is 5.73 Å². The number of carboxylic acids is 5. The average molecular weight is 733 g/mol. The van der Waals surface area contributed by atoms with E-state index in [0.717, 1.165) is 20.3 Å². The van der Waals surface area contributed by atoms with Crippen molar-refractivity contribution in [3.63, 3.8) is 0 Å². The van der Waals surface area contributed by atoms with Gasteiger partial charge >= 0.3 is 29.8 Å². The van der Waals surface area contributed by atoms with Crippen LogP contribution in [0.2, 0.25) is 0 Å². The number of nitrogens with zero attached hydrogens (tertiary/aromatic N) is 3. The highest BCUT2D eigenvalue weighted by molar-refractivity contribution is 5.84. The van der Waals surface area contributed by atoms with Crippen LogP contribution in [-0.2, 0) is 58.0 Å². The minimum atomic E-state index is -1.51. The average Bonchev–Trinajstić information content (AvgIpc) is 3.06. The molecule has 0 saturated carbocycles. The fraction of sp³-hybridized carbons (Fsp3) is 0.424. The van der Waals surface area contributed by atoms with Crippen LogP contribution in [0.3, 0.4) is 0 Å². The van der Waals surface area contributed by atoms with Gasteiger partial charge in [-0.25, -0.2) is 5.48 Å². The first-order chi connectivity index (χ1) is 24.6. The van der Waals surface area contributed by atoms with E-state index in [9.17, 15) is 48.9 Å². The molecule has 2 rings (SSSR count). The highest BCUT2D eigenvalue weighted by Crippen LogP contribution is 2.09. The second-order valence-electron chi connectivity index (χ2n) is 11.8. The number of carbonyl (C=O) groups excluding carboxylic acids is 2. The number of carbonyl (C=O) groups is 7. The van der Waals surface area contributed by atoms with Gasteiger partial charge in [0.1, 0.15) is 6.04 Å². The summed E-state index contributed by atoms with van der Waals surface area (Å²) in [6.45, 7) is -4.94. The quantitative estimate of drug-likeness (QED) is 0.0511. The fourth-order valence-corrected chi connectivity index (χ4v) is 4.96. The van der Waals surface area contributed by atoms with Crippen LogP contribution >= 0.6 is 0 Å². The molecule has 0 fully saturated rings. The molecule has 0 radical (unpaired) electrons. The van der Waals surface area contributed by atoms with Gasteiger partial charge in [0, 0.05) is 26.2 Å². The van der Waals surface area contributed by atoms with Crippen LogP contribution in [-0.4, -0.2) is 146 Å². The van der Waals surface area contributed by atoms with E-state index in [1.54, 1.807) is 24.3 Å². The molecule has 2 amide bonds. The van der Waals surface area contributed by atoms with Crippen LogP contribution in [0.4, 0.5) is 0 Å². The molecule has 19 heteroatoms. The third-order valence-corrected chi connectivity index (χ3v) is 7.49. The van der Waals surface area contributed by atoms with Gasteiger partial charge in [-0.1, -0.05) is 54.6 Å². The van der Waals surface area contributed by atoms with Crippen molar-refractivity contribution < 1.29 is 63.9 Å². The molecule has 19 nitrogen and oxygen atoms in total. The Kier molecular flexibility index (Phi) is 18.4. The molecule has 0 aromatic heterocycles. The maximum atomic E-state index is 13.5. The number of amides is 2. The zero-order valence-electron chi connectivity index (χ0n) is 28.3. The molecule has 2 unspecified atom stereocenters. The van der Waals surface area contributed by atoms with Crippen molar-refractivity contribution >= 4 is 41.7 Å². The Labute approximate surface area is 298 Å². The molecule has 0 aliphatic rings. The molecule has 0 spiro atoms. The SMILES string of the molecule is NC(CCc1ccccc1)C(=O)NOCc1ccc(CNC(=O)C(CN(CCN(CC(=O)O)CC(=O)O)CC(=O)O)N(CC(=O)O)CC(=O)O)cc1.